The molecule has 0 saturated carbocycles. The lowest BCUT2D eigenvalue weighted by Crippen LogP contribution is -2.10. The van der Waals surface area contributed by atoms with E-state index in [1.54, 1.807) is 0 Å². The monoisotopic (exact) mass is 141 g/mol. The molecule has 60 valence electrons. The van der Waals surface area contributed by atoms with Gasteiger partial charge in [0, 0.05) is 6.54 Å². The molecule has 0 aliphatic carbocycles. The van der Waals surface area contributed by atoms with Gasteiger partial charge >= 0.3 is 0 Å². The summed E-state index contributed by atoms with van der Waals surface area (Å²) in [4.78, 5) is 0. The second kappa shape index (κ2) is 5.72. The Hall–Kier alpha value is -0.0400. The van der Waals surface area contributed by atoms with Crippen molar-refractivity contribution in [1.29, 1.82) is 0 Å². The van der Waals surface area contributed by atoms with Gasteiger partial charge in [-0.25, -0.2) is 0 Å². The van der Waals surface area contributed by atoms with Gasteiger partial charge in [0.15, 0.2) is 0 Å². The highest BCUT2D eigenvalue weighted by Gasteiger charge is 2.10. The zero-order valence-electron chi connectivity index (χ0n) is 7.19. The highest BCUT2D eigenvalue weighted by Crippen LogP contribution is 2.19. The maximum atomic E-state index is 7.08. The van der Waals surface area contributed by atoms with Gasteiger partial charge in [0.25, 0.3) is 0 Å². The van der Waals surface area contributed by atoms with Crippen molar-refractivity contribution in [3.63, 3.8) is 0 Å². The van der Waals surface area contributed by atoms with Crippen LogP contribution in [0, 0.1) is 18.8 Å². The van der Waals surface area contributed by atoms with E-state index in [2.05, 4.69) is 20.8 Å². The molecule has 0 aromatic rings. The Morgan fingerprint density at radius 2 is 1.90 bits per heavy atom. The molecule has 0 heterocycles. The molecule has 0 aromatic carbocycles. The van der Waals surface area contributed by atoms with Crippen LogP contribution in [-0.4, -0.2) is 6.54 Å². The van der Waals surface area contributed by atoms with E-state index in [1.807, 2.05) is 0 Å². The van der Waals surface area contributed by atoms with Crippen LogP contribution in [0.2, 0.25) is 0 Å². The van der Waals surface area contributed by atoms with E-state index in [0.29, 0.717) is 6.54 Å². The van der Waals surface area contributed by atoms with Crippen LogP contribution in [0.15, 0.2) is 0 Å². The van der Waals surface area contributed by atoms with Crippen molar-refractivity contribution in [2.45, 2.75) is 33.1 Å². The summed E-state index contributed by atoms with van der Waals surface area (Å²) in [6.45, 7) is 8.87. The number of hydrogen-bond acceptors (Lipinski definition) is 0. The zero-order valence-corrected chi connectivity index (χ0v) is 7.19. The first-order valence-electron chi connectivity index (χ1n) is 4.16. The van der Waals surface area contributed by atoms with Crippen LogP contribution < -0.4 is 5.73 Å². The third kappa shape index (κ3) is 3.89. The van der Waals surface area contributed by atoms with Crippen LogP contribution >= 0.6 is 0 Å². The van der Waals surface area contributed by atoms with Crippen molar-refractivity contribution >= 4 is 0 Å². The van der Waals surface area contributed by atoms with Gasteiger partial charge in [0.1, 0.15) is 0 Å². The largest absolute Gasteiger partial charge is 0.258 e. The quantitative estimate of drug-likeness (QED) is 0.562. The van der Waals surface area contributed by atoms with Gasteiger partial charge in [-0.3, -0.25) is 5.73 Å². The van der Waals surface area contributed by atoms with E-state index >= 15 is 0 Å². The first-order chi connectivity index (χ1) is 4.72. The van der Waals surface area contributed by atoms with Gasteiger partial charge in [-0.15, -0.1) is 0 Å². The van der Waals surface area contributed by atoms with E-state index in [-0.39, 0.29) is 0 Å². The first kappa shape index (κ1) is 9.96. The molecular weight excluding hydrogens is 122 g/mol. The molecule has 0 rings (SSSR count). The Kier molecular flexibility index (Phi) is 5.70. The minimum absolute atomic E-state index is 0.572. The van der Waals surface area contributed by atoms with E-state index in [4.69, 9.17) is 5.73 Å². The molecule has 0 amide bonds. The SMILES string of the molecule is [CH2]CCC(CC[NH])C(C)C. The molecule has 0 aromatic heterocycles. The van der Waals surface area contributed by atoms with Crippen LogP contribution in [0.1, 0.15) is 33.1 Å². The third-order valence-electron chi connectivity index (χ3n) is 2.03. The second-order valence-electron chi connectivity index (χ2n) is 3.19. The highest BCUT2D eigenvalue weighted by atomic mass is 14.5. The van der Waals surface area contributed by atoms with Crippen molar-refractivity contribution in [1.82, 2.24) is 5.73 Å². The standard InChI is InChI=1S/C9H19N/c1-4-5-9(6-7-10)8(2)3/h8-10H,1,4-7H2,2-3H3. The lowest BCUT2D eigenvalue weighted by Gasteiger charge is -2.18. The molecule has 1 nitrogen and oxygen atoms in total. The smallest absolute Gasteiger partial charge is 0.0102 e. The van der Waals surface area contributed by atoms with E-state index < -0.39 is 0 Å². The summed E-state index contributed by atoms with van der Waals surface area (Å²) in [5.74, 6) is 1.46. The van der Waals surface area contributed by atoms with Crippen molar-refractivity contribution in [2.75, 3.05) is 6.54 Å². The van der Waals surface area contributed by atoms with Crippen LogP contribution in [0.5, 0.6) is 0 Å². The zero-order chi connectivity index (χ0) is 7.98. The summed E-state index contributed by atoms with van der Waals surface area (Å²) in [6.07, 6.45) is 3.26. The third-order valence-corrected chi connectivity index (χ3v) is 2.03. The predicted molar refractivity (Wildman–Crippen MR) is 45.5 cm³/mol. The Morgan fingerprint density at radius 3 is 2.20 bits per heavy atom. The molecule has 2 radical (unpaired) electrons. The molecule has 1 unspecified atom stereocenters. The van der Waals surface area contributed by atoms with Crippen molar-refractivity contribution < 1.29 is 0 Å². The van der Waals surface area contributed by atoms with Crippen molar-refractivity contribution in [3.8, 4) is 0 Å². The molecule has 0 saturated heterocycles. The highest BCUT2D eigenvalue weighted by molar-refractivity contribution is 4.63. The number of rotatable bonds is 5. The molecule has 1 atom stereocenters. The normalized spacial score (nSPS) is 14.1. The molecule has 1 heteroatoms. The molecule has 0 spiro atoms. The Morgan fingerprint density at radius 1 is 1.30 bits per heavy atom. The number of nitrogens with one attached hydrogen (secondary N) is 1. The van der Waals surface area contributed by atoms with Gasteiger partial charge in [-0.05, 0) is 18.3 Å². The van der Waals surface area contributed by atoms with E-state index in [1.165, 1.54) is 6.42 Å². The summed E-state index contributed by atoms with van der Waals surface area (Å²) in [7, 11) is 0. The van der Waals surface area contributed by atoms with E-state index in [0.717, 1.165) is 24.7 Å². The summed E-state index contributed by atoms with van der Waals surface area (Å²) in [6, 6.07) is 0. The van der Waals surface area contributed by atoms with Gasteiger partial charge in [0.2, 0.25) is 0 Å². The minimum Gasteiger partial charge on any atom is -0.258 e. The molecule has 0 aliphatic rings. The molecule has 0 fully saturated rings. The van der Waals surface area contributed by atoms with Crippen molar-refractivity contribution in [2.24, 2.45) is 11.8 Å². The topological polar surface area (TPSA) is 23.8 Å². The maximum Gasteiger partial charge on any atom is 0.0102 e. The fraction of sp³-hybridized carbons (Fsp3) is 0.889. The lowest BCUT2D eigenvalue weighted by atomic mass is 9.89. The first-order valence-corrected chi connectivity index (χ1v) is 4.16. The van der Waals surface area contributed by atoms with Gasteiger partial charge in [0.05, 0.1) is 0 Å². The van der Waals surface area contributed by atoms with Gasteiger partial charge in [-0.1, -0.05) is 33.6 Å². The van der Waals surface area contributed by atoms with Crippen molar-refractivity contribution in [3.05, 3.63) is 6.92 Å². The lowest BCUT2D eigenvalue weighted by molar-refractivity contribution is 0.342. The summed E-state index contributed by atoms with van der Waals surface area (Å²) in [5, 5.41) is 0. The van der Waals surface area contributed by atoms with Crippen LogP contribution in [0.3, 0.4) is 0 Å². The van der Waals surface area contributed by atoms with Gasteiger partial charge < -0.3 is 0 Å². The molecular formula is C9H19N. The Balaban J connectivity index is 3.50. The van der Waals surface area contributed by atoms with Crippen LogP contribution in [-0.2, 0) is 0 Å². The molecule has 10 heavy (non-hydrogen) atoms. The Labute approximate surface area is 65.0 Å². The Bertz CT molecular complexity index is 63.1. The van der Waals surface area contributed by atoms with E-state index in [9.17, 15) is 0 Å². The number of hydrogen-bond donors (Lipinski definition) is 0. The fourth-order valence-electron chi connectivity index (χ4n) is 1.26. The maximum absolute atomic E-state index is 7.08. The minimum atomic E-state index is 0.572. The second-order valence-corrected chi connectivity index (χ2v) is 3.19. The molecule has 0 bridgehead atoms. The summed E-state index contributed by atoms with van der Waals surface area (Å²) in [5.41, 5.74) is 7.08. The van der Waals surface area contributed by atoms with Crippen LogP contribution in [0.4, 0.5) is 0 Å². The predicted octanol–water partition coefficient (Wildman–Crippen LogP) is 2.55. The molecule has 1 N–H and O–H groups in total. The summed E-state index contributed by atoms with van der Waals surface area (Å²) >= 11 is 0. The van der Waals surface area contributed by atoms with Crippen LogP contribution in [0.25, 0.3) is 0 Å². The summed E-state index contributed by atoms with van der Waals surface area (Å²) < 4.78 is 0. The average Bonchev–Trinajstić information content (AvgIpc) is 1.87. The molecule has 0 aliphatic heterocycles. The van der Waals surface area contributed by atoms with Gasteiger partial charge in [-0.2, -0.15) is 0 Å². The average molecular weight is 141 g/mol. The fourth-order valence-corrected chi connectivity index (χ4v) is 1.26.